The highest BCUT2D eigenvalue weighted by molar-refractivity contribution is 5.89. The minimum atomic E-state index is -0.582. The fourth-order valence-electron chi connectivity index (χ4n) is 4.04. The van der Waals surface area contributed by atoms with Crippen LogP contribution in [0.3, 0.4) is 0 Å². The van der Waals surface area contributed by atoms with Crippen LogP contribution >= 0.6 is 0 Å². The Morgan fingerprint density at radius 1 is 1.05 bits per heavy atom. The van der Waals surface area contributed by atoms with E-state index >= 15 is 0 Å². The summed E-state index contributed by atoms with van der Waals surface area (Å²) in [5.74, 6) is 0.171. The largest absolute Gasteiger partial charge is 0.491 e. The number of hydrogen-bond donors (Lipinski definition) is 1. The van der Waals surface area contributed by atoms with Gasteiger partial charge in [-0.15, -0.1) is 0 Å². The van der Waals surface area contributed by atoms with Gasteiger partial charge >= 0.3 is 5.97 Å². The van der Waals surface area contributed by atoms with Crippen LogP contribution < -0.4 is 4.74 Å². The number of ether oxygens (including phenoxy) is 3. The monoisotopic (exact) mass is 510 g/mol. The van der Waals surface area contributed by atoms with Crippen molar-refractivity contribution in [1.29, 1.82) is 0 Å². The van der Waals surface area contributed by atoms with Crippen LogP contribution in [0.1, 0.15) is 34.0 Å². The van der Waals surface area contributed by atoms with E-state index in [1.54, 1.807) is 43.8 Å². The molecule has 4 aromatic rings. The molecule has 2 aromatic heterocycles. The highest BCUT2D eigenvalue weighted by atomic mass is 16.5. The van der Waals surface area contributed by atoms with Gasteiger partial charge in [-0.1, -0.05) is 43.0 Å². The lowest BCUT2D eigenvalue weighted by molar-refractivity contribution is 0.0303. The molecular weight excluding hydrogens is 480 g/mol. The molecule has 0 fully saturated rings. The lowest BCUT2D eigenvalue weighted by Crippen LogP contribution is -2.12. The molecule has 0 bridgehead atoms. The van der Waals surface area contributed by atoms with Gasteiger partial charge in [-0.25, -0.2) is 4.79 Å². The number of pyridine rings is 2. The first-order valence-corrected chi connectivity index (χ1v) is 12.3. The molecule has 0 unspecified atom stereocenters. The highest BCUT2D eigenvalue weighted by Gasteiger charge is 2.19. The van der Waals surface area contributed by atoms with Crippen LogP contribution in [0.5, 0.6) is 5.75 Å². The molecule has 0 saturated carbocycles. The summed E-state index contributed by atoms with van der Waals surface area (Å²) in [6, 6.07) is 20.5. The van der Waals surface area contributed by atoms with Crippen LogP contribution in [-0.4, -0.2) is 48.0 Å². The summed E-state index contributed by atoms with van der Waals surface area (Å²) < 4.78 is 16.8. The Labute approximate surface area is 222 Å². The molecule has 0 saturated heterocycles. The average molecular weight is 511 g/mol. The van der Waals surface area contributed by atoms with E-state index in [1.807, 2.05) is 48.7 Å². The van der Waals surface area contributed by atoms with Crippen LogP contribution in [-0.2, 0) is 9.47 Å². The molecule has 4 rings (SSSR count). The Morgan fingerprint density at radius 3 is 2.55 bits per heavy atom. The quantitative estimate of drug-likeness (QED) is 0.197. The van der Waals surface area contributed by atoms with Gasteiger partial charge in [0.2, 0.25) is 0 Å². The number of para-hydroxylation sites is 1. The van der Waals surface area contributed by atoms with Crippen molar-refractivity contribution in [2.45, 2.75) is 12.5 Å². The van der Waals surface area contributed by atoms with Gasteiger partial charge in [0, 0.05) is 43.1 Å². The smallest absolute Gasteiger partial charge is 0.338 e. The van der Waals surface area contributed by atoms with E-state index in [4.69, 9.17) is 19.3 Å². The Kier molecular flexibility index (Phi) is 9.34. The van der Waals surface area contributed by atoms with E-state index in [2.05, 4.69) is 22.6 Å². The van der Waals surface area contributed by atoms with E-state index < -0.39 is 12.1 Å². The fourth-order valence-corrected chi connectivity index (χ4v) is 4.04. The molecule has 7 heteroatoms. The van der Waals surface area contributed by atoms with Crippen molar-refractivity contribution < 1.29 is 24.1 Å². The highest BCUT2D eigenvalue weighted by Crippen LogP contribution is 2.30. The number of esters is 1. The Balaban J connectivity index is 1.67. The second-order valence-electron chi connectivity index (χ2n) is 8.58. The summed E-state index contributed by atoms with van der Waals surface area (Å²) in [7, 11) is 1.63. The first-order chi connectivity index (χ1) is 18.6. The van der Waals surface area contributed by atoms with Gasteiger partial charge < -0.3 is 19.3 Å². The molecule has 1 atom stereocenters. The van der Waals surface area contributed by atoms with Crippen molar-refractivity contribution in [3.05, 3.63) is 120 Å². The van der Waals surface area contributed by atoms with Crippen LogP contribution in [0.2, 0.25) is 0 Å². The zero-order valence-electron chi connectivity index (χ0n) is 21.2. The summed E-state index contributed by atoms with van der Waals surface area (Å²) in [4.78, 5) is 21.5. The van der Waals surface area contributed by atoms with Crippen LogP contribution in [0, 0.1) is 0 Å². The molecule has 2 heterocycles. The van der Waals surface area contributed by atoms with Gasteiger partial charge in [0.15, 0.2) is 0 Å². The van der Waals surface area contributed by atoms with Crippen LogP contribution in [0.15, 0.2) is 104 Å². The predicted molar refractivity (Wildman–Crippen MR) is 147 cm³/mol. The standard InChI is InChI=1S/C31H30N2O5/c1-22(21-36-2)28(26-19-25-5-3-4-6-29(25)33-20-26)11-12-30(38-31(35)24-13-15-32-16-14-24)23-7-9-27(10-8-23)37-18-17-34/h3-11,13-16,19-20,30,34H,1,12,17-18,21H2,2H3/b28-11-/t30-/m0/s1. The molecule has 0 spiro atoms. The minimum Gasteiger partial charge on any atom is -0.491 e. The van der Waals surface area contributed by atoms with E-state index in [-0.39, 0.29) is 13.2 Å². The summed E-state index contributed by atoms with van der Waals surface area (Å²) >= 11 is 0. The molecule has 194 valence electrons. The fraction of sp³-hybridized carbons (Fsp3) is 0.194. The van der Waals surface area contributed by atoms with E-state index in [1.165, 1.54) is 0 Å². The first-order valence-electron chi connectivity index (χ1n) is 12.3. The number of aliphatic hydroxyl groups is 1. The second kappa shape index (κ2) is 13.3. The van der Waals surface area contributed by atoms with Crippen molar-refractivity contribution in [2.75, 3.05) is 26.9 Å². The molecule has 0 aliphatic rings. The van der Waals surface area contributed by atoms with Crippen LogP contribution in [0.25, 0.3) is 16.5 Å². The number of hydrogen-bond acceptors (Lipinski definition) is 7. The zero-order valence-corrected chi connectivity index (χ0v) is 21.2. The maximum absolute atomic E-state index is 13.0. The van der Waals surface area contributed by atoms with Crippen molar-refractivity contribution in [1.82, 2.24) is 9.97 Å². The van der Waals surface area contributed by atoms with Crippen molar-refractivity contribution in [3.63, 3.8) is 0 Å². The maximum Gasteiger partial charge on any atom is 0.338 e. The number of carbonyl (C=O) groups excluding carboxylic acids is 1. The van der Waals surface area contributed by atoms with Gasteiger partial charge in [-0.05, 0) is 53.1 Å². The zero-order chi connectivity index (χ0) is 26.7. The van der Waals surface area contributed by atoms with Crippen molar-refractivity contribution in [2.24, 2.45) is 0 Å². The summed E-state index contributed by atoms with van der Waals surface area (Å²) in [5.41, 5.74) is 4.68. The third-order valence-electron chi connectivity index (χ3n) is 5.91. The number of methoxy groups -OCH3 is 1. The lowest BCUT2D eigenvalue weighted by Gasteiger charge is -2.19. The second-order valence-corrected chi connectivity index (χ2v) is 8.58. The third-order valence-corrected chi connectivity index (χ3v) is 5.91. The summed E-state index contributed by atoms with van der Waals surface area (Å²) in [5, 5.41) is 10.0. The van der Waals surface area contributed by atoms with Gasteiger partial charge in [-0.2, -0.15) is 0 Å². The molecule has 0 aliphatic carbocycles. The van der Waals surface area contributed by atoms with Crippen molar-refractivity contribution >= 4 is 22.4 Å². The molecule has 38 heavy (non-hydrogen) atoms. The molecule has 2 aromatic carbocycles. The number of aromatic nitrogens is 2. The van der Waals surface area contributed by atoms with E-state index in [9.17, 15) is 4.79 Å². The summed E-state index contributed by atoms with van der Waals surface area (Å²) in [6.07, 6.45) is 6.74. The predicted octanol–water partition coefficient (Wildman–Crippen LogP) is 5.58. The summed E-state index contributed by atoms with van der Waals surface area (Å²) in [6.45, 7) is 4.70. The third kappa shape index (κ3) is 6.91. The number of rotatable bonds is 12. The Bertz CT molecular complexity index is 1400. The SMILES string of the molecule is C=C(COC)/C(=C/C[C@H](OC(=O)c1ccncc1)c1ccc(OCCO)cc1)c1cnc2ccccc2c1. The normalized spacial score (nSPS) is 12.2. The van der Waals surface area contributed by atoms with Gasteiger partial charge in [-0.3, -0.25) is 9.97 Å². The lowest BCUT2D eigenvalue weighted by atomic mass is 9.96. The number of fused-ring (bicyclic) bond motifs is 1. The molecule has 1 N–H and O–H groups in total. The number of benzene rings is 2. The van der Waals surface area contributed by atoms with Crippen LogP contribution in [0.4, 0.5) is 0 Å². The molecular formula is C31H30N2O5. The van der Waals surface area contributed by atoms with E-state index in [0.29, 0.717) is 24.3 Å². The molecule has 0 amide bonds. The maximum atomic E-state index is 13.0. The molecule has 7 nitrogen and oxygen atoms in total. The molecule has 0 radical (unpaired) electrons. The first kappa shape index (κ1) is 26.7. The Morgan fingerprint density at radius 2 is 1.82 bits per heavy atom. The van der Waals surface area contributed by atoms with Gasteiger partial charge in [0.1, 0.15) is 18.5 Å². The number of aliphatic hydroxyl groups excluding tert-OH is 1. The average Bonchev–Trinajstić information content (AvgIpc) is 2.96. The molecule has 0 aliphatic heterocycles. The van der Waals surface area contributed by atoms with Crippen molar-refractivity contribution in [3.8, 4) is 5.75 Å². The Hall–Kier alpha value is -4.33. The number of carbonyl (C=O) groups is 1. The topological polar surface area (TPSA) is 90.8 Å². The van der Waals surface area contributed by atoms with Gasteiger partial charge in [0.05, 0.1) is 24.3 Å². The van der Waals surface area contributed by atoms with Gasteiger partial charge in [0.25, 0.3) is 0 Å². The number of nitrogens with zero attached hydrogens (tertiary/aromatic N) is 2. The minimum absolute atomic E-state index is 0.0729. The van der Waals surface area contributed by atoms with E-state index in [0.717, 1.165) is 33.2 Å².